The Hall–Kier alpha value is 0.0900. The van der Waals surface area contributed by atoms with E-state index in [0.717, 1.165) is 7.57 Å². The van der Waals surface area contributed by atoms with Crippen molar-refractivity contribution in [2.45, 2.75) is 0 Å². The molecule has 0 unspecified atom stereocenters. The van der Waals surface area contributed by atoms with Crippen molar-refractivity contribution in [2.24, 2.45) is 0 Å². The van der Waals surface area contributed by atoms with Crippen LogP contribution in [0.3, 0.4) is 0 Å². The highest BCUT2D eigenvalue weighted by molar-refractivity contribution is 9.12. The maximum atomic E-state index is 11.5. The maximum absolute atomic E-state index is 11.5. The number of amides is 1. The van der Waals surface area contributed by atoms with Crippen LogP contribution in [-0.2, 0) is 0 Å². The summed E-state index contributed by atoms with van der Waals surface area (Å²) in [5.41, 5.74) is 3.31. The van der Waals surface area contributed by atoms with Gasteiger partial charge in [-0.25, -0.2) is 5.01 Å². The van der Waals surface area contributed by atoms with Crippen LogP contribution in [0.15, 0.2) is 13.6 Å². The molecule has 0 aliphatic rings. The lowest BCUT2D eigenvalue weighted by atomic mass is 10.3. The third-order valence-corrected chi connectivity index (χ3v) is 3.57. The van der Waals surface area contributed by atoms with Gasteiger partial charge in [0.2, 0.25) is 0 Å². The van der Waals surface area contributed by atoms with Crippen LogP contribution in [0.1, 0.15) is 10.4 Å². The van der Waals surface area contributed by atoms with Gasteiger partial charge in [0.15, 0.2) is 0 Å². The second-order valence-corrected chi connectivity index (χ2v) is 6.32. The SMILES string of the molecule is CN(C)NC(=O)c1cc(Br)sc1Br. The minimum absolute atomic E-state index is 0.112. The third-order valence-electron chi connectivity index (χ3n) is 1.23. The van der Waals surface area contributed by atoms with E-state index in [0.29, 0.717) is 5.56 Å². The highest BCUT2D eigenvalue weighted by atomic mass is 79.9. The highest BCUT2D eigenvalue weighted by Crippen LogP contribution is 2.31. The van der Waals surface area contributed by atoms with Gasteiger partial charge in [-0.15, -0.1) is 11.3 Å². The van der Waals surface area contributed by atoms with Crippen molar-refractivity contribution in [1.29, 1.82) is 0 Å². The molecule has 3 nitrogen and oxygen atoms in total. The zero-order valence-corrected chi connectivity index (χ0v) is 11.1. The van der Waals surface area contributed by atoms with Crippen LogP contribution in [0.5, 0.6) is 0 Å². The standard InChI is InChI=1S/C7H8Br2N2OS/c1-11(2)10-7(12)4-3-5(8)13-6(4)9/h3H,1-2H3,(H,10,12). The predicted octanol–water partition coefficient (Wildman–Crippen LogP) is 2.48. The van der Waals surface area contributed by atoms with Gasteiger partial charge in [0.05, 0.1) is 13.1 Å². The molecule has 1 amide bonds. The molecule has 0 saturated carbocycles. The van der Waals surface area contributed by atoms with E-state index in [1.165, 1.54) is 11.3 Å². The van der Waals surface area contributed by atoms with Gasteiger partial charge in [0.25, 0.3) is 5.91 Å². The Morgan fingerprint density at radius 2 is 2.15 bits per heavy atom. The van der Waals surface area contributed by atoms with Crippen LogP contribution >= 0.6 is 43.2 Å². The second-order valence-electron chi connectivity index (χ2n) is 2.57. The Kier molecular flexibility index (Phi) is 3.90. The largest absolute Gasteiger partial charge is 0.285 e. The third kappa shape index (κ3) is 3.05. The zero-order valence-electron chi connectivity index (χ0n) is 7.10. The van der Waals surface area contributed by atoms with Gasteiger partial charge in [-0.2, -0.15) is 0 Å². The highest BCUT2D eigenvalue weighted by Gasteiger charge is 2.13. The summed E-state index contributed by atoms with van der Waals surface area (Å²) in [5.74, 6) is -0.112. The first-order valence-electron chi connectivity index (χ1n) is 3.44. The number of carbonyl (C=O) groups is 1. The minimum Gasteiger partial charge on any atom is -0.285 e. The first kappa shape index (κ1) is 11.2. The van der Waals surface area contributed by atoms with Gasteiger partial charge in [-0.3, -0.25) is 10.2 Å². The number of halogens is 2. The number of hydrogen-bond donors (Lipinski definition) is 1. The van der Waals surface area contributed by atoms with Gasteiger partial charge < -0.3 is 0 Å². The van der Waals surface area contributed by atoms with E-state index in [4.69, 9.17) is 0 Å². The molecule has 0 aromatic carbocycles. The molecule has 0 radical (unpaired) electrons. The van der Waals surface area contributed by atoms with Crippen LogP contribution in [0.2, 0.25) is 0 Å². The molecule has 72 valence electrons. The number of carbonyl (C=O) groups excluding carboxylic acids is 1. The summed E-state index contributed by atoms with van der Waals surface area (Å²) >= 11 is 8.11. The lowest BCUT2D eigenvalue weighted by Gasteiger charge is -2.10. The van der Waals surface area contributed by atoms with Gasteiger partial charge in [-0.05, 0) is 37.9 Å². The fraction of sp³-hybridized carbons (Fsp3) is 0.286. The molecule has 0 fully saturated rings. The van der Waals surface area contributed by atoms with Crippen molar-refractivity contribution < 1.29 is 4.79 Å². The normalized spacial score (nSPS) is 10.5. The number of rotatable bonds is 2. The summed E-state index contributed by atoms with van der Waals surface area (Å²) in [5, 5.41) is 1.61. The van der Waals surface area contributed by atoms with E-state index in [9.17, 15) is 4.79 Å². The molecule has 1 rings (SSSR count). The van der Waals surface area contributed by atoms with Crippen molar-refractivity contribution in [3.05, 3.63) is 19.2 Å². The molecule has 0 aliphatic heterocycles. The molecule has 1 aromatic heterocycles. The van der Waals surface area contributed by atoms with E-state index < -0.39 is 0 Å². The van der Waals surface area contributed by atoms with E-state index >= 15 is 0 Å². The topological polar surface area (TPSA) is 32.3 Å². The number of nitrogens with one attached hydrogen (secondary N) is 1. The maximum Gasteiger partial charge on any atom is 0.267 e. The average Bonchev–Trinajstić information content (AvgIpc) is 2.28. The second kappa shape index (κ2) is 4.54. The molecule has 6 heteroatoms. The summed E-state index contributed by atoms with van der Waals surface area (Å²) in [7, 11) is 3.54. The molecule has 0 aliphatic carbocycles. The van der Waals surface area contributed by atoms with Gasteiger partial charge in [0.1, 0.15) is 0 Å². The summed E-state index contributed by atoms with van der Waals surface area (Å²) in [6.45, 7) is 0. The Labute approximate surface area is 97.3 Å². The van der Waals surface area contributed by atoms with Crippen molar-refractivity contribution in [2.75, 3.05) is 14.1 Å². The monoisotopic (exact) mass is 326 g/mol. The van der Waals surface area contributed by atoms with Crippen molar-refractivity contribution in [3.63, 3.8) is 0 Å². The fourth-order valence-electron chi connectivity index (χ4n) is 0.758. The Morgan fingerprint density at radius 3 is 2.54 bits per heavy atom. The molecule has 13 heavy (non-hydrogen) atoms. The molecule has 0 spiro atoms. The molecule has 1 heterocycles. The summed E-state index contributed by atoms with van der Waals surface area (Å²) in [4.78, 5) is 11.5. The quantitative estimate of drug-likeness (QED) is 0.846. The molecule has 0 saturated heterocycles. The van der Waals surface area contributed by atoms with Crippen LogP contribution in [0, 0.1) is 0 Å². The van der Waals surface area contributed by atoms with Gasteiger partial charge >= 0.3 is 0 Å². The lowest BCUT2D eigenvalue weighted by Crippen LogP contribution is -2.36. The van der Waals surface area contributed by atoms with Crippen molar-refractivity contribution in [3.8, 4) is 0 Å². The number of hydrogen-bond acceptors (Lipinski definition) is 3. The lowest BCUT2D eigenvalue weighted by molar-refractivity contribution is 0.0856. The summed E-state index contributed by atoms with van der Waals surface area (Å²) in [6, 6.07) is 1.79. The molecule has 0 bridgehead atoms. The van der Waals surface area contributed by atoms with Crippen molar-refractivity contribution in [1.82, 2.24) is 10.4 Å². The molecular formula is C7H8Br2N2OS. The molecular weight excluding hydrogens is 320 g/mol. The number of hydrazine groups is 1. The van der Waals surface area contributed by atoms with Crippen LogP contribution in [0.25, 0.3) is 0 Å². The number of thiophene rings is 1. The van der Waals surface area contributed by atoms with Crippen LogP contribution < -0.4 is 5.43 Å². The minimum atomic E-state index is -0.112. The number of nitrogens with zero attached hydrogens (tertiary/aromatic N) is 1. The van der Waals surface area contributed by atoms with E-state index in [2.05, 4.69) is 37.3 Å². The smallest absolute Gasteiger partial charge is 0.267 e. The van der Waals surface area contributed by atoms with E-state index in [1.807, 2.05) is 0 Å². The van der Waals surface area contributed by atoms with Crippen molar-refractivity contribution >= 4 is 49.1 Å². The van der Waals surface area contributed by atoms with Crippen LogP contribution in [0.4, 0.5) is 0 Å². The fourth-order valence-corrected chi connectivity index (χ4v) is 3.55. The zero-order chi connectivity index (χ0) is 10.0. The van der Waals surface area contributed by atoms with E-state index in [1.54, 1.807) is 25.2 Å². The van der Waals surface area contributed by atoms with E-state index in [-0.39, 0.29) is 5.91 Å². The molecule has 1 N–H and O–H groups in total. The summed E-state index contributed by atoms with van der Waals surface area (Å²) < 4.78 is 1.77. The molecule has 1 aromatic rings. The van der Waals surface area contributed by atoms with Gasteiger partial charge in [-0.1, -0.05) is 0 Å². The summed E-state index contributed by atoms with van der Waals surface area (Å²) in [6.07, 6.45) is 0. The predicted molar refractivity (Wildman–Crippen MR) is 60.9 cm³/mol. The van der Waals surface area contributed by atoms with Gasteiger partial charge in [0, 0.05) is 14.1 Å². The Bertz CT molecular complexity index is 324. The van der Waals surface area contributed by atoms with Crippen LogP contribution in [-0.4, -0.2) is 25.0 Å². The molecule has 0 atom stereocenters. The Morgan fingerprint density at radius 1 is 1.54 bits per heavy atom. The first-order chi connectivity index (χ1) is 6.00. The first-order valence-corrected chi connectivity index (χ1v) is 5.84. The average molecular weight is 328 g/mol. The Balaban J connectivity index is 2.82.